The second-order valence-electron chi connectivity index (χ2n) is 5.79. The smallest absolute Gasteiger partial charge is 0.328 e. The molecule has 0 saturated heterocycles. The summed E-state index contributed by atoms with van der Waals surface area (Å²) in [6, 6.07) is 0. The van der Waals surface area contributed by atoms with Crippen LogP contribution in [0, 0.1) is 17.8 Å². The predicted molar refractivity (Wildman–Crippen MR) is 72.0 cm³/mol. The van der Waals surface area contributed by atoms with Gasteiger partial charge in [0.2, 0.25) is 4.75 Å². The maximum absolute atomic E-state index is 11.7. The van der Waals surface area contributed by atoms with E-state index < -0.39 is 45.1 Å². The first-order valence-electron chi connectivity index (χ1n) is 6.29. The standard InChI is InChI=1S/C12H22O7S/c1-7(2)5-9(10(13)14)12(11(15)16,6-8(3)4)20(17,18)19/h7-9H,5-6H2,1-4H3,(H,13,14)(H,15,16)(H,17,18,19). The Morgan fingerprint density at radius 3 is 1.70 bits per heavy atom. The minimum absolute atomic E-state index is 0.159. The van der Waals surface area contributed by atoms with Gasteiger partial charge in [0, 0.05) is 0 Å². The van der Waals surface area contributed by atoms with E-state index in [2.05, 4.69) is 0 Å². The molecule has 0 aromatic carbocycles. The number of carboxylic acids is 2. The highest BCUT2D eigenvalue weighted by molar-refractivity contribution is 7.88. The van der Waals surface area contributed by atoms with E-state index in [9.17, 15) is 32.8 Å². The molecule has 0 aromatic heterocycles. The zero-order valence-electron chi connectivity index (χ0n) is 12.0. The Morgan fingerprint density at radius 2 is 1.50 bits per heavy atom. The Morgan fingerprint density at radius 1 is 1.05 bits per heavy atom. The largest absolute Gasteiger partial charge is 0.481 e. The van der Waals surface area contributed by atoms with E-state index >= 15 is 0 Å². The van der Waals surface area contributed by atoms with E-state index in [1.54, 1.807) is 27.7 Å². The highest BCUT2D eigenvalue weighted by Crippen LogP contribution is 2.37. The second-order valence-corrected chi connectivity index (χ2v) is 7.47. The quantitative estimate of drug-likeness (QED) is 0.579. The third-order valence-electron chi connectivity index (χ3n) is 3.10. The molecule has 3 N–H and O–H groups in total. The summed E-state index contributed by atoms with van der Waals surface area (Å²) in [7, 11) is -5.09. The molecule has 0 saturated carbocycles. The van der Waals surface area contributed by atoms with Crippen molar-refractivity contribution in [1.82, 2.24) is 0 Å². The lowest BCUT2D eigenvalue weighted by molar-refractivity contribution is -0.153. The van der Waals surface area contributed by atoms with Gasteiger partial charge in [-0.15, -0.1) is 0 Å². The van der Waals surface area contributed by atoms with Crippen molar-refractivity contribution in [2.75, 3.05) is 0 Å². The van der Waals surface area contributed by atoms with Crippen molar-refractivity contribution in [3.05, 3.63) is 0 Å². The van der Waals surface area contributed by atoms with Gasteiger partial charge in [0.05, 0.1) is 5.92 Å². The molecule has 7 nitrogen and oxygen atoms in total. The summed E-state index contributed by atoms with van der Waals surface area (Å²) in [4.78, 5) is 22.9. The molecule has 0 amide bonds. The Hall–Kier alpha value is -1.15. The van der Waals surface area contributed by atoms with Gasteiger partial charge < -0.3 is 10.2 Å². The molecule has 20 heavy (non-hydrogen) atoms. The van der Waals surface area contributed by atoms with Gasteiger partial charge in [0.25, 0.3) is 10.1 Å². The van der Waals surface area contributed by atoms with Gasteiger partial charge in [0.15, 0.2) is 0 Å². The van der Waals surface area contributed by atoms with Gasteiger partial charge in [-0.1, -0.05) is 27.7 Å². The number of aliphatic carboxylic acids is 2. The number of hydrogen-bond donors (Lipinski definition) is 3. The third kappa shape index (κ3) is 3.92. The molecule has 0 rings (SSSR count). The predicted octanol–water partition coefficient (Wildman–Crippen LogP) is 1.49. The summed E-state index contributed by atoms with van der Waals surface area (Å²) in [5.41, 5.74) is 0. The van der Waals surface area contributed by atoms with Crippen LogP contribution in [0.25, 0.3) is 0 Å². The minimum Gasteiger partial charge on any atom is -0.481 e. The zero-order valence-corrected chi connectivity index (χ0v) is 12.8. The average molecular weight is 310 g/mol. The Bertz CT molecular complexity index is 466. The normalized spacial score (nSPS) is 16.9. The summed E-state index contributed by atoms with van der Waals surface area (Å²) in [6.07, 6.45) is -0.626. The summed E-state index contributed by atoms with van der Waals surface area (Å²) in [5.74, 6) is -5.73. The monoisotopic (exact) mass is 310 g/mol. The van der Waals surface area contributed by atoms with Crippen LogP contribution in [0.1, 0.15) is 40.5 Å². The van der Waals surface area contributed by atoms with Crippen LogP contribution in [0.3, 0.4) is 0 Å². The van der Waals surface area contributed by atoms with Crippen LogP contribution in [0.15, 0.2) is 0 Å². The highest BCUT2D eigenvalue weighted by Gasteiger charge is 2.59. The molecule has 0 spiro atoms. The topological polar surface area (TPSA) is 129 Å². The number of hydrogen-bond acceptors (Lipinski definition) is 4. The Labute approximate surface area is 118 Å². The van der Waals surface area contributed by atoms with Crippen LogP contribution in [-0.4, -0.2) is 39.9 Å². The molecule has 118 valence electrons. The average Bonchev–Trinajstić information content (AvgIpc) is 2.19. The van der Waals surface area contributed by atoms with E-state index in [0.29, 0.717) is 0 Å². The number of carbonyl (C=O) groups is 2. The van der Waals surface area contributed by atoms with Crippen LogP contribution in [-0.2, 0) is 19.7 Å². The van der Waals surface area contributed by atoms with E-state index in [1.807, 2.05) is 0 Å². The molecule has 0 aliphatic carbocycles. The number of carboxylic acid groups (broad SMARTS) is 2. The van der Waals surface area contributed by atoms with Crippen LogP contribution in [0.4, 0.5) is 0 Å². The summed E-state index contributed by atoms with van der Waals surface area (Å²) >= 11 is 0. The molecule has 0 aromatic rings. The number of rotatable bonds is 8. The van der Waals surface area contributed by atoms with Crippen molar-refractivity contribution in [3.63, 3.8) is 0 Å². The SMILES string of the molecule is CC(C)CC(C(=O)O)C(CC(C)C)(C(=O)O)S(=O)(=O)O. The van der Waals surface area contributed by atoms with Crippen molar-refractivity contribution < 1.29 is 32.8 Å². The van der Waals surface area contributed by atoms with Gasteiger partial charge in [-0.05, 0) is 24.7 Å². The molecule has 0 radical (unpaired) electrons. The fraction of sp³-hybridized carbons (Fsp3) is 0.833. The van der Waals surface area contributed by atoms with Crippen LogP contribution < -0.4 is 0 Å². The van der Waals surface area contributed by atoms with Crippen LogP contribution >= 0.6 is 0 Å². The first-order chi connectivity index (χ1) is 8.86. The molecule has 0 aliphatic heterocycles. The van der Waals surface area contributed by atoms with Crippen molar-refractivity contribution in [2.24, 2.45) is 17.8 Å². The molecule has 0 aliphatic rings. The molecule has 2 atom stereocenters. The Balaban J connectivity index is 6.18. The van der Waals surface area contributed by atoms with Crippen molar-refractivity contribution in [2.45, 2.75) is 45.3 Å². The molecule has 8 heteroatoms. The maximum Gasteiger partial charge on any atom is 0.328 e. The van der Waals surface area contributed by atoms with Crippen molar-refractivity contribution >= 4 is 22.1 Å². The van der Waals surface area contributed by atoms with Crippen LogP contribution in [0.5, 0.6) is 0 Å². The zero-order chi connectivity index (χ0) is 16.3. The van der Waals surface area contributed by atoms with E-state index in [-0.39, 0.29) is 12.3 Å². The van der Waals surface area contributed by atoms with E-state index in [0.717, 1.165) is 0 Å². The van der Waals surface area contributed by atoms with Gasteiger partial charge >= 0.3 is 11.9 Å². The van der Waals surface area contributed by atoms with E-state index in [4.69, 9.17) is 0 Å². The lowest BCUT2D eigenvalue weighted by Crippen LogP contribution is -2.56. The van der Waals surface area contributed by atoms with Gasteiger partial charge in [-0.3, -0.25) is 14.1 Å². The molecule has 0 heterocycles. The van der Waals surface area contributed by atoms with Gasteiger partial charge in [-0.25, -0.2) is 0 Å². The summed E-state index contributed by atoms with van der Waals surface area (Å²) in [5, 5.41) is 18.6. The van der Waals surface area contributed by atoms with E-state index in [1.165, 1.54) is 0 Å². The van der Waals surface area contributed by atoms with Gasteiger partial charge in [-0.2, -0.15) is 8.42 Å². The molecule has 0 bridgehead atoms. The summed E-state index contributed by atoms with van der Waals surface area (Å²) < 4.78 is 30.0. The first kappa shape index (κ1) is 18.9. The highest BCUT2D eigenvalue weighted by atomic mass is 32.2. The fourth-order valence-electron chi connectivity index (χ4n) is 2.34. The third-order valence-corrected chi connectivity index (χ3v) is 4.65. The minimum atomic E-state index is -5.09. The molecular weight excluding hydrogens is 288 g/mol. The second kappa shape index (κ2) is 6.53. The molecular formula is C12H22O7S. The summed E-state index contributed by atoms with van der Waals surface area (Å²) in [6.45, 7) is 6.44. The lowest BCUT2D eigenvalue weighted by atomic mass is 9.80. The van der Waals surface area contributed by atoms with Crippen molar-refractivity contribution in [3.8, 4) is 0 Å². The van der Waals surface area contributed by atoms with Crippen molar-refractivity contribution in [1.29, 1.82) is 0 Å². The first-order valence-corrected chi connectivity index (χ1v) is 7.73. The lowest BCUT2D eigenvalue weighted by Gasteiger charge is -2.34. The molecule has 0 fully saturated rings. The Kier molecular flexibility index (Phi) is 6.16. The fourth-order valence-corrected chi connectivity index (χ4v) is 3.66. The maximum atomic E-state index is 11.7. The van der Waals surface area contributed by atoms with Crippen LogP contribution in [0.2, 0.25) is 0 Å². The molecule has 2 unspecified atom stereocenters. The van der Waals surface area contributed by atoms with Gasteiger partial charge in [0.1, 0.15) is 0 Å².